The Balaban J connectivity index is 2.34. The standard InChI is InChI=1S/C21H29F4N3O5S/c1-3-16(18(30)20(31)26-15-10-11-15)28(17(29)5-4-12-34(2,32)33)27-19(21(23,24)25)13-6-8-14(22)9-7-13/h6-9,15-16,18-19,27,30H,3-5,10-12H2,1-2H3,(H,26,31)/t16-,18-,19?/m0/s1. The molecule has 3 N–H and O–H groups in total. The van der Waals surface area contributed by atoms with Gasteiger partial charge < -0.3 is 10.4 Å². The van der Waals surface area contributed by atoms with E-state index in [4.69, 9.17) is 0 Å². The Labute approximate surface area is 195 Å². The third-order valence-electron chi connectivity index (χ3n) is 5.28. The summed E-state index contributed by atoms with van der Waals surface area (Å²) in [4.78, 5) is 25.3. The van der Waals surface area contributed by atoms with Crippen LogP contribution in [-0.4, -0.2) is 66.7 Å². The second kappa shape index (κ2) is 11.5. The van der Waals surface area contributed by atoms with E-state index in [1.54, 1.807) is 0 Å². The molecular formula is C21H29F4N3O5S. The Bertz CT molecular complexity index is 952. The molecule has 1 aromatic carbocycles. The van der Waals surface area contributed by atoms with Gasteiger partial charge in [0.25, 0.3) is 5.91 Å². The molecule has 1 fully saturated rings. The SMILES string of the molecule is CC[C@@H]([C@H](O)C(=O)NC1CC1)N(NC(c1ccc(F)cc1)C(F)(F)F)C(=O)CCCS(C)(=O)=O. The molecule has 0 radical (unpaired) electrons. The Morgan fingerprint density at radius 2 is 1.79 bits per heavy atom. The number of rotatable bonds is 12. The average Bonchev–Trinajstić information content (AvgIpc) is 3.53. The number of nitrogens with one attached hydrogen (secondary N) is 2. The van der Waals surface area contributed by atoms with Crippen LogP contribution in [0.1, 0.15) is 50.6 Å². The van der Waals surface area contributed by atoms with E-state index in [2.05, 4.69) is 10.7 Å². The van der Waals surface area contributed by atoms with Gasteiger partial charge in [-0.15, -0.1) is 0 Å². The van der Waals surface area contributed by atoms with Gasteiger partial charge in [0.05, 0.1) is 11.8 Å². The van der Waals surface area contributed by atoms with E-state index in [1.165, 1.54) is 6.92 Å². The minimum atomic E-state index is -4.93. The maximum absolute atomic E-state index is 13.9. The summed E-state index contributed by atoms with van der Waals surface area (Å²) in [6, 6.07) is -0.483. The van der Waals surface area contributed by atoms with Crippen LogP contribution in [0.2, 0.25) is 0 Å². The van der Waals surface area contributed by atoms with Crippen molar-refractivity contribution in [2.45, 2.75) is 69.4 Å². The molecule has 0 aliphatic heterocycles. The molecule has 1 unspecified atom stereocenters. The fourth-order valence-electron chi connectivity index (χ4n) is 3.33. The summed E-state index contributed by atoms with van der Waals surface area (Å²) in [6.45, 7) is 1.48. The Morgan fingerprint density at radius 1 is 1.21 bits per heavy atom. The molecule has 1 aliphatic carbocycles. The zero-order valence-corrected chi connectivity index (χ0v) is 19.6. The molecule has 0 aromatic heterocycles. The van der Waals surface area contributed by atoms with Gasteiger partial charge in [0.15, 0.2) is 6.10 Å². The van der Waals surface area contributed by atoms with E-state index in [1.807, 2.05) is 0 Å². The molecule has 0 spiro atoms. The van der Waals surface area contributed by atoms with Crippen molar-refractivity contribution >= 4 is 21.7 Å². The third-order valence-corrected chi connectivity index (χ3v) is 6.31. The number of hydrogen-bond acceptors (Lipinski definition) is 6. The minimum Gasteiger partial charge on any atom is -0.381 e. The number of halogens is 4. The molecule has 1 aromatic rings. The van der Waals surface area contributed by atoms with E-state index in [9.17, 15) is 40.7 Å². The number of hydrogen-bond donors (Lipinski definition) is 3. The first-order valence-corrected chi connectivity index (χ1v) is 12.9. The van der Waals surface area contributed by atoms with E-state index >= 15 is 0 Å². The van der Waals surface area contributed by atoms with Crippen LogP contribution in [-0.2, 0) is 19.4 Å². The highest BCUT2D eigenvalue weighted by Crippen LogP contribution is 2.34. The first-order chi connectivity index (χ1) is 15.7. The fraction of sp³-hybridized carbons (Fsp3) is 0.619. The van der Waals surface area contributed by atoms with Gasteiger partial charge in [-0.2, -0.15) is 13.2 Å². The number of amides is 2. The van der Waals surface area contributed by atoms with Crippen LogP contribution < -0.4 is 10.7 Å². The molecule has 0 heterocycles. The second-order valence-electron chi connectivity index (χ2n) is 8.36. The van der Waals surface area contributed by atoms with Crippen molar-refractivity contribution in [1.29, 1.82) is 0 Å². The fourth-order valence-corrected chi connectivity index (χ4v) is 3.99. The van der Waals surface area contributed by atoms with Gasteiger partial charge in [-0.25, -0.2) is 18.2 Å². The predicted octanol–water partition coefficient (Wildman–Crippen LogP) is 2.01. The normalized spacial score (nSPS) is 17.0. The van der Waals surface area contributed by atoms with Crippen LogP contribution in [0.25, 0.3) is 0 Å². The number of carbonyl (C=O) groups is 2. The molecule has 13 heteroatoms. The highest BCUT2D eigenvalue weighted by Gasteiger charge is 2.45. The molecule has 0 bridgehead atoms. The van der Waals surface area contributed by atoms with Crippen molar-refractivity contribution in [1.82, 2.24) is 15.8 Å². The summed E-state index contributed by atoms with van der Waals surface area (Å²) >= 11 is 0. The van der Waals surface area contributed by atoms with Gasteiger partial charge >= 0.3 is 6.18 Å². The number of benzene rings is 1. The lowest BCUT2D eigenvalue weighted by Crippen LogP contribution is -2.59. The zero-order chi connectivity index (χ0) is 25.7. The summed E-state index contributed by atoms with van der Waals surface area (Å²) in [5, 5.41) is 13.7. The van der Waals surface area contributed by atoms with Crippen molar-refractivity contribution in [2.24, 2.45) is 0 Å². The van der Waals surface area contributed by atoms with Gasteiger partial charge in [0.1, 0.15) is 21.7 Å². The summed E-state index contributed by atoms with van der Waals surface area (Å²) in [6.07, 6.45) is -5.07. The Kier molecular flexibility index (Phi) is 9.43. The molecule has 0 saturated heterocycles. The van der Waals surface area contributed by atoms with Crippen LogP contribution in [0.3, 0.4) is 0 Å². The summed E-state index contributed by atoms with van der Waals surface area (Å²) in [5.41, 5.74) is 1.69. The number of sulfone groups is 1. The number of nitrogens with zero attached hydrogens (tertiary/aromatic N) is 1. The lowest BCUT2D eigenvalue weighted by molar-refractivity contribution is -0.180. The number of hydrazine groups is 1. The first-order valence-electron chi connectivity index (χ1n) is 10.8. The van der Waals surface area contributed by atoms with Crippen molar-refractivity contribution in [2.75, 3.05) is 12.0 Å². The molecule has 1 aliphatic rings. The zero-order valence-electron chi connectivity index (χ0n) is 18.8. The highest BCUT2D eigenvalue weighted by atomic mass is 32.2. The smallest absolute Gasteiger partial charge is 0.381 e. The lowest BCUT2D eigenvalue weighted by atomic mass is 10.0. The lowest BCUT2D eigenvalue weighted by Gasteiger charge is -2.37. The highest BCUT2D eigenvalue weighted by molar-refractivity contribution is 7.90. The van der Waals surface area contributed by atoms with Crippen LogP contribution in [0.4, 0.5) is 17.6 Å². The van der Waals surface area contributed by atoms with Crippen molar-refractivity contribution < 1.29 is 40.7 Å². The maximum Gasteiger partial charge on any atom is 0.409 e. The summed E-state index contributed by atoms with van der Waals surface area (Å²) < 4.78 is 77.8. The van der Waals surface area contributed by atoms with Gasteiger partial charge in [-0.05, 0) is 43.4 Å². The number of aliphatic hydroxyl groups excluding tert-OH is 1. The predicted molar refractivity (Wildman–Crippen MR) is 115 cm³/mol. The number of aliphatic hydroxyl groups is 1. The van der Waals surface area contributed by atoms with Crippen molar-refractivity contribution in [3.8, 4) is 0 Å². The Morgan fingerprint density at radius 3 is 2.26 bits per heavy atom. The van der Waals surface area contributed by atoms with Gasteiger partial charge in [-0.1, -0.05) is 19.1 Å². The van der Waals surface area contributed by atoms with Crippen LogP contribution in [0.15, 0.2) is 24.3 Å². The van der Waals surface area contributed by atoms with E-state index in [0.29, 0.717) is 17.9 Å². The largest absolute Gasteiger partial charge is 0.409 e. The Hall–Kier alpha value is -2.25. The van der Waals surface area contributed by atoms with Gasteiger partial charge in [-0.3, -0.25) is 14.6 Å². The minimum absolute atomic E-state index is 0.0853. The molecule has 3 atom stereocenters. The van der Waals surface area contributed by atoms with Crippen LogP contribution in [0, 0.1) is 5.82 Å². The molecule has 2 rings (SSSR count). The first kappa shape index (κ1) is 28.0. The van der Waals surface area contributed by atoms with Crippen molar-refractivity contribution in [3.05, 3.63) is 35.6 Å². The topological polar surface area (TPSA) is 116 Å². The maximum atomic E-state index is 13.9. The van der Waals surface area contributed by atoms with Gasteiger partial charge in [0, 0.05) is 18.7 Å². The summed E-state index contributed by atoms with van der Waals surface area (Å²) in [7, 11) is -3.42. The molecule has 2 amide bonds. The van der Waals surface area contributed by atoms with E-state index in [0.717, 1.165) is 30.5 Å². The van der Waals surface area contributed by atoms with Crippen molar-refractivity contribution in [3.63, 3.8) is 0 Å². The van der Waals surface area contributed by atoms with Gasteiger partial charge in [0.2, 0.25) is 5.91 Å². The molecule has 8 nitrogen and oxygen atoms in total. The molecule has 192 valence electrons. The number of carbonyl (C=O) groups excluding carboxylic acids is 2. The van der Waals surface area contributed by atoms with E-state index in [-0.39, 0.29) is 24.6 Å². The number of alkyl halides is 3. The third kappa shape index (κ3) is 8.51. The summed E-state index contributed by atoms with van der Waals surface area (Å²) in [5.74, 6) is -2.87. The van der Waals surface area contributed by atoms with Crippen LogP contribution >= 0.6 is 0 Å². The monoisotopic (exact) mass is 511 g/mol. The molecule has 34 heavy (non-hydrogen) atoms. The second-order valence-corrected chi connectivity index (χ2v) is 10.6. The average molecular weight is 512 g/mol. The quantitative estimate of drug-likeness (QED) is 0.292. The molecular weight excluding hydrogens is 482 g/mol. The van der Waals surface area contributed by atoms with Crippen LogP contribution in [0.5, 0.6) is 0 Å². The van der Waals surface area contributed by atoms with E-state index < -0.39 is 63.8 Å². The molecule has 1 saturated carbocycles.